The van der Waals surface area contributed by atoms with Crippen LogP contribution in [-0.2, 0) is 35.2 Å². The highest BCUT2D eigenvalue weighted by Gasteiger charge is 2.34. The molecule has 1 aliphatic rings. The molecule has 1 aliphatic heterocycles. The Bertz CT molecular complexity index is 1180. The summed E-state index contributed by atoms with van der Waals surface area (Å²) in [6.07, 6.45) is -4.11. The number of benzene rings is 1. The molecule has 180 valence electrons. The van der Waals surface area contributed by atoms with E-state index < -0.39 is 17.7 Å². The highest BCUT2D eigenvalue weighted by Crippen LogP contribution is 2.34. The molecule has 34 heavy (non-hydrogen) atoms. The molecule has 0 bridgehead atoms. The summed E-state index contributed by atoms with van der Waals surface area (Å²) in [4.78, 5) is 35.0. The number of alkyl halides is 3. The van der Waals surface area contributed by atoms with Crippen molar-refractivity contribution in [3.05, 3.63) is 50.9 Å². The number of aliphatic carboxylic acids is 1. The van der Waals surface area contributed by atoms with Crippen molar-refractivity contribution in [3.8, 4) is 10.6 Å². The van der Waals surface area contributed by atoms with Crippen molar-refractivity contribution in [3.63, 3.8) is 0 Å². The molecule has 0 radical (unpaired) electrons. The van der Waals surface area contributed by atoms with Crippen molar-refractivity contribution in [2.24, 2.45) is 5.92 Å². The molecule has 1 aromatic carbocycles. The summed E-state index contributed by atoms with van der Waals surface area (Å²) < 4.78 is 38.1. The molecule has 1 saturated heterocycles. The summed E-state index contributed by atoms with van der Waals surface area (Å²) in [5, 5.41) is 21.2. The largest absolute Gasteiger partial charge is 0.481 e. The summed E-state index contributed by atoms with van der Waals surface area (Å²) in [5.74, 6) is -1.15. The number of aliphatic hydroxyl groups excluding tert-OH is 1. The molecular weight excluding hydrogens is 491 g/mol. The quantitative estimate of drug-likeness (QED) is 0.447. The molecule has 0 amide bonds. The third-order valence-electron chi connectivity index (χ3n) is 5.46. The highest BCUT2D eigenvalue weighted by atomic mass is 32.1. The number of hydrogen-bond acceptors (Lipinski definition) is 8. The van der Waals surface area contributed by atoms with Gasteiger partial charge in [0.15, 0.2) is 0 Å². The van der Waals surface area contributed by atoms with Gasteiger partial charge in [-0.25, -0.2) is 9.97 Å². The number of hydrogen-bond donors (Lipinski definition) is 2. The predicted molar refractivity (Wildman–Crippen MR) is 121 cm³/mol. The summed E-state index contributed by atoms with van der Waals surface area (Å²) >= 11 is 2.57. The fourth-order valence-electron chi connectivity index (χ4n) is 3.61. The first-order valence-corrected chi connectivity index (χ1v) is 12.0. The molecule has 1 fully saturated rings. The SMILES string of the molecule is O=C(O)CCc1nc(CO)sc1-c1csc(CC(=O)C2CN(c3ccc(C(F)(F)F)cc3)C2)n1. The summed E-state index contributed by atoms with van der Waals surface area (Å²) in [7, 11) is 0. The monoisotopic (exact) mass is 511 g/mol. The van der Waals surface area contributed by atoms with Gasteiger partial charge in [0.05, 0.1) is 47.2 Å². The maximum Gasteiger partial charge on any atom is 0.416 e. The number of carbonyl (C=O) groups is 2. The van der Waals surface area contributed by atoms with Gasteiger partial charge in [0.25, 0.3) is 0 Å². The van der Waals surface area contributed by atoms with E-state index in [1.54, 1.807) is 5.38 Å². The molecule has 4 rings (SSSR count). The zero-order valence-corrected chi connectivity index (χ0v) is 19.3. The lowest BCUT2D eigenvalue weighted by Gasteiger charge is -2.40. The van der Waals surface area contributed by atoms with Crippen LogP contribution in [0.25, 0.3) is 10.6 Å². The van der Waals surface area contributed by atoms with Crippen molar-refractivity contribution < 1.29 is 33.0 Å². The lowest BCUT2D eigenvalue weighted by molar-refractivity contribution is -0.138. The number of anilines is 1. The Morgan fingerprint density at radius 2 is 1.82 bits per heavy atom. The molecule has 2 N–H and O–H groups in total. The van der Waals surface area contributed by atoms with E-state index in [1.807, 2.05) is 4.90 Å². The zero-order chi connectivity index (χ0) is 24.5. The molecule has 3 aromatic rings. The van der Waals surface area contributed by atoms with Crippen LogP contribution in [0, 0.1) is 5.92 Å². The molecular formula is C22H20F3N3O4S2. The second-order valence-corrected chi connectivity index (χ2v) is 9.88. The first-order valence-electron chi connectivity index (χ1n) is 10.3. The van der Waals surface area contributed by atoms with E-state index >= 15 is 0 Å². The topological polar surface area (TPSA) is 104 Å². The molecule has 12 heteroatoms. The molecule has 0 atom stereocenters. The minimum Gasteiger partial charge on any atom is -0.481 e. The Balaban J connectivity index is 1.36. The van der Waals surface area contributed by atoms with Gasteiger partial charge in [-0.3, -0.25) is 9.59 Å². The number of ketones is 1. The Morgan fingerprint density at radius 3 is 2.44 bits per heavy atom. The molecule has 0 aliphatic carbocycles. The molecule has 2 aromatic heterocycles. The number of thiazole rings is 2. The Labute approximate surface area is 200 Å². The number of nitrogens with zero attached hydrogens (tertiary/aromatic N) is 3. The lowest BCUT2D eigenvalue weighted by atomic mass is 9.92. The van der Waals surface area contributed by atoms with Crippen LogP contribution in [0.3, 0.4) is 0 Å². The van der Waals surface area contributed by atoms with Crippen LogP contribution in [0.1, 0.15) is 27.7 Å². The normalized spacial score (nSPS) is 14.3. The minimum atomic E-state index is -4.38. The van der Waals surface area contributed by atoms with E-state index in [2.05, 4.69) is 9.97 Å². The summed E-state index contributed by atoms with van der Waals surface area (Å²) in [6.45, 7) is 0.629. The van der Waals surface area contributed by atoms with Crippen molar-refractivity contribution in [2.45, 2.75) is 32.0 Å². The number of aromatic nitrogens is 2. The van der Waals surface area contributed by atoms with Gasteiger partial charge in [0, 0.05) is 30.6 Å². The van der Waals surface area contributed by atoms with Gasteiger partial charge in [0.1, 0.15) is 15.8 Å². The Morgan fingerprint density at radius 1 is 1.12 bits per heavy atom. The number of rotatable bonds is 9. The minimum absolute atomic E-state index is 0.00974. The van der Waals surface area contributed by atoms with Gasteiger partial charge in [-0.1, -0.05) is 0 Å². The number of aryl methyl sites for hydroxylation is 1. The number of carbonyl (C=O) groups excluding carboxylic acids is 1. The molecule has 3 heterocycles. The third-order valence-corrected chi connectivity index (χ3v) is 7.41. The van der Waals surface area contributed by atoms with Gasteiger partial charge >= 0.3 is 12.1 Å². The van der Waals surface area contributed by atoms with Crippen LogP contribution < -0.4 is 4.90 Å². The maximum absolute atomic E-state index is 12.7. The van der Waals surface area contributed by atoms with E-state index in [-0.39, 0.29) is 37.6 Å². The lowest BCUT2D eigenvalue weighted by Crippen LogP contribution is -2.50. The first kappa shape index (κ1) is 24.3. The van der Waals surface area contributed by atoms with Crippen LogP contribution >= 0.6 is 22.7 Å². The van der Waals surface area contributed by atoms with Crippen molar-refractivity contribution in [2.75, 3.05) is 18.0 Å². The molecule has 0 unspecified atom stereocenters. The van der Waals surface area contributed by atoms with E-state index in [0.717, 1.165) is 12.1 Å². The first-order chi connectivity index (χ1) is 16.1. The maximum atomic E-state index is 12.7. The average molecular weight is 512 g/mol. The van der Waals surface area contributed by atoms with Gasteiger partial charge in [-0.2, -0.15) is 13.2 Å². The third kappa shape index (κ3) is 5.45. The Hall–Kier alpha value is -2.83. The summed E-state index contributed by atoms with van der Waals surface area (Å²) in [5.41, 5.74) is 1.10. The number of halogens is 3. The fourth-order valence-corrected chi connectivity index (χ4v) is 5.41. The molecule has 7 nitrogen and oxygen atoms in total. The van der Waals surface area contributed by atoms with E-state index in [0.29, 0.717) is 45.1 Å². The van der Waals surface area contributed by atoms with E-state index in [1.165, 1.54) is 34.8 Å². The van der Waals surface area contributed by atoms with Gasteiger partial charge in [-0.15, -0.1) is 22.7 Å². The van der Waals surface area contributed by atoms with E-state index in [4.69, 9.17) is 5.11 Å². The zero-order valence-electron chi connectivity index (χ0n) is 17.7. The fraction of sp³-hybridized carbons (Fsp3) is 0.364. The van der Waals surface area contributed by atoms with Crippen LogP contribution in [0.5, 0.6) is 0 Å². The van der Waals surface area contributed by atoms with Gasteiger partial charge in [-0.05, 0) is 24.3 Å². The van der Waals surface area contributed by atoms with Gasteiger partial charge in [0.2, 0.25) is 0 Å². The molecule has 0 saturated carbocycles. The van der Waals surface area contributed by atoms with Crippen LogP contribution in [0.15, 0.2) is 29.6 Å². The number of carboxylic acids is 1. The average Bonchev–Trinajstić information content (AvgIpc) is 3.37. The number of Topliss-reactive ketones (excluding diaryl/α,β-unsaturated/α-hetero) is 1. The Kier molecular flexibility index (Phi) is 7.01. The number of carboxylic acid groups (broad SMARTS) is 1. The van der Waals surface area contributed by atoms with Crippen LogP contribution in [0.4, 0.5) is 18.9 Å². The van der Waals surface area contributed by atoms with Crippen LogP contribution in [-0.4, -0.2) is 45.0 Å². The second kappa shape index (κ2) is 9.80. The van der Waals surface area contributed by atoms with Crippen molar-refractivity contribution >= 4 is 40.1 Å². The second-order valence-electron chi connectivity index (χ2n) is 7.85. The van der Waals surface area contributed by atoms with Crippen molar-refractivity contribution in [1.82, 2.24) is 9.97 Å². The molecule has 0 spiro atoms. The van der Waals surface area contributed by atoms with Crippen molar-refractivity contribution in [1.29, 1.82) is 0 Å². The smallest absolute Gasteiger partial charge is 0.416 e. The van der Waals surface area contributed by atoms with Crippen LogP contribution in [0.2, 0.25) is 0 Å². The predicted octanol–water partition coefficient (Wildman–Crippen LogP) is 4.04. The highest BCUT2D eigenvalue weighted by molar-refractivity contribution is 7.16. The van der Waals surface area contributed by atoms with E-state index in [9.17, 15) is 27.9 Å². The standard InChI is InChI=1S/C22H20F3N3O4S2/c23-22(24,25)13-1-3-14(4-2-13)28-8-12(9-28)17(30)7-18-27-16(11-33-18)21-15(5-6-20(31)32)26-19(10-29)34-21/h1-4,11-12,29H,5-10H2,(H,31,32). The summed E-state index contributed by atoms with van der Waals surface area (Å²) in [6, 6.07) is 4.89. The van der Waals surface area contributed by atoms with Gasteiger partial charge < -0.3 is 15.1 Å². The number of aliphatic hydroxyl groups is 1.